The van der Waals surface area contributed by atoms with Gasteiger partial charge in [-0.25, -0.2) is 9.59 Å². The molecular formula is C29H31N3O6. The summed E-state index contributed by atoms with van der Waals surface area (Å²) in [4.78, 5) is 51.1. The maximum absolute atomic E-state index is 13.4. The fraction of sp³-hybridized carbons (Fsp3) is 0.241. The van der Waals surface area contributed by atoms with Gasteiger partial charge < -0.3 is 25.4 Å². The molecule has 3 rings (SSSR count). The van der Waals surface area contributed by atoms with Gasteiger partial charge in [-0.2, -0.15) is 0 Å². The summed E-state index contributed by atoms with van der Waals surface area (Å²) in [6.07, 6.45) is -0.536. The van der Waals surface area contributed by atoms with E-state index in [1.165, 1.54) is 13.2 Å². The van der Waals surface area contributed by atoms with Crippen molar-refractivity contribution in [1.29, 1.82) is 0 Å². The third kappa shape index (κ3) is 7.92. The zero-order chi connectivity index (χ0) is 27.7. The molecule has 9 heteroatoms. The summed E-state index contributed by atoms with van der Waals surface area (Å²) in [5.74, 6) is -1.67. The topological polar surface area (TPSA) is 123 Å². The Bertz CT molecular complexity index is 1300. The largest absolute Gasteiger partial charge is 0.465 e. The van der Waals surface area contributed by atoms with Gasteiger partial charge in [0.15, 0.2) is 0 Å². The fourth-order valence-electron chi connectivity index (χ4n) is 3.59. The van der Waals surface area contributed by atoms with Gasteiger partial charge in [-0.05, 0) is 50.6 Å². The molecule has 0 saturated carbocycles. The second-order valence-electron chi connectivity index (χ2n) is 9.41. The minimum Gasteiger partial charge on any atom is -0.465 e. The third-order valence-electron chi connectivity index (χ3n) is 5.30. The first kappa shape index (κ1) is 27.9. The van der Waals surface area contributed by atoms with E-state index in [0.29, 0.717) is 0 Å². The van der Waals surface area contributed by atoms with Gasteiger partial charge in [0.1, 0.15) is 11.6 Å². The second kappa shape index (κ2) is 12.5. The molecule has 38 heavy (non-hydrogen) atoms. The van der Waals surface area contributed by atoms with Gasteiger partial charge in [0, 0.05) is 6.42 Å². The molecule has 9 nitrogen and oxygen atoms in total. The summed E-state index contributed by atoms with van der Waals surface area (Å²) in [5, 5.41) is 8.09. The Kier molecular flexibility index (Phi) is 9.21. The minimum atomic E-state index is -0.983. The number of benzene rings is 3. The monoisotopic (exact) mass is 517 g/mol. The molecule has 0 heterocycles. The molecule has 1 atom stereocenters. The molecule has 0 aromatic heterocycles. The molecule has 198 valence electrons. The molecule has 0 unspecified atom stereocenters. The summed E-state index contributed by atoms with van der Waals surface area (Å²) in [6.45, 7) is 5.18. The first-order valence-corrected chi connectivity index (χ1v) is 12.0. The molecule has 0 aliphatic heterocycles. The molecule has 0 radical (unpaired) electrons. The maximum Gasteiger partial charge on any atom is 0.408 e. The van der Waals surface area contributed by atoms with Crippen LogP contribution in [-0.2, 0) is 20.7 Å². The van der Waals surface area contributed by atoms with E-state index in [-0.39, 0.29) is 28.9 Å². The Morgan fingerprint density at radius 1 is 0.763 bits per heavy atom. The molecule has 3 amide bonds. The Labute approximate surface area is 221 Å². The number of methoxy groups -OCH3 is 1. The van der Waals surface area contributed by atoms with Crippen LogP contribution in [0.4, 0.5) is 16.2 Å². The van der Waals surface area contributed by atoms with E-state index >= 15 is 0 Å². The van der Waals surface area contributed by atoms with Gasteiger partial charge in [-0.15, -0.1) is 0 Å². The van der Waals surface area contributed by atoms with Crippen molar-refractivity contribution in [1.82, 2.24) is 5.32 Å². The highest BCUT2D eigenvalue weighted by Crippen LogP contribution is 2.21. The molecule has 0 bridgehead atoms. The number of hydrogen-bond acceptors (Lipinski definition) is 6. The van der Waals surface area contributed by atoms with Crippen LogP contribution in [0.5, 0.6) is 0 Å². The highest BCUT2D eigenvalue weighted by Gasteiger charge is 2.26. The first-order chi connectivity index (χ1) is 18.1. The van der Waals surface area contributed by atoms with Crippen molar-refractivity contribution in [3.8, 4) is 0 Å². The van der Waals surface area contributed by atoms with Crippen molar-refractivity contribution in [2.75, 3.05) is 17.7 Å². The van der Waals surface area contributed by atoms with Crippen molar-refractivity contribution >= 4 is 35.3 Å². The van der Waals surface area contributed by atoms with E-state index in [9.17, 15) is 19.2 Å². The number of alkyl carbamates (subject to hydrolysis) is 1. The molecule has 0 aliphatic carbocycles. The van der Waals surface area contributed by atoms with Gasteiger partial charge in [-0.3, -0.25) is 9.59 Å². The lowest BCUT2D eigenvalue weighted by Gasteiger charge is -2.24. The predicted octanol–water partition coefficient (Wildman–Crippen LogP) is 4.80. The van der Waals surface area contributed by atoms with E-state index in [1.54, 1.807) is 63.2 Å². The van der Waals surface area contributed by atoms with Crippen molar-refractivity contribution in [3.05, 3.63) is 95.6 Å². The van der Waals surface area contributed by atoms with Crippen LogP contribution < -0.4 is 16.0 Å². The molecule has 0 spiro atoms. The summed E-state index contributed by atoms with van der Waals surface area (Å²) >= 11 is 0. The van der Waals surface area contributed by atoms with E-state index < -0.39 is 35.5 Å². The average molecular weight is 518 g/mol. The van der Waals surface area contributed by atoms with Gasteiger partial charge >= 0.3 is 12.1 Å². The number of amides is 3. The number of carbonyl (C=O) groups excluding carboxylic acids is 4. The van der Waals surface area contributed by atoms with Crippen LogP contribution in [0.3, 0.4) is 0 Å². The average Bonchev–Trinajstić information content (AvgIpc) is 2.88. The summed E-state index contributed by atoms with van der Waals surface area (Å²) in [7, 11) is 1.25. The highest BCUT2D eigenvalue weighted by atomic mass is 16.6. The molecule has 0 fully saturated rings. The lowest BCUT2D eigenvalue weighted by atomic mass is 10.0. The molecular weight excluding hydrogens is 486 g/mol. The van der Waals surface area contributed by atoms with Crippen LogP contribution in [0.2, 0.25) is 0 Å². The fourth-order valence-corrected chi connectivity index (χ4v) is 3.59. The van der Waals surface area contributed by atoms with Crippen LogP contribution in [0.1, 0.15) is 47.1 Å². The molecule has 3 aromatic rings. The zero-order valence-electron chi connectivity index (χ0n) is 21.7. The third-order valence-corrected chi connectivity index (χ3v) is 5.30. The van der Waals surface area contributed by atoms with Crippen molar-refractivity contribution in [2.45, 2.75) is 38.8 Å². The molecule has 3 N–H and O–H groups in total. The maximum atomic E-state index is 13.4. The molecule has 0 saturated heterocycles. The van der Waals surface area contributed by atoms with Gasteiger partial charge in [0.25, 0.3) is 5.91 Å². The normalized spacial score (nSPS) is 11.6. The Hall–Kier alpha value is -4.66. The Morgan fingerprint density at radius 3 is 1.92 bits per heavy atom. The van der Waals surface area contributed by atoms with Crippen LogP contribution in [-0.4, -0.2) is 42.6 Å². The van der Waals surface area contributed by atoms with Crippen molar-refractivity contribution in [3.63, 3.8) is 0 Å². The summed E-state index contributed by atoms with van der Waals surface area (Å²) in [6, 6.07) is 21.1. The van der Waals surface area contributed by atoms with Gasteiger partial charge in [0.05, 0.1) is 29.6 Å². The van der Waals surface area contributed by atoms with Crippen molar-refractivity contribution in [2.24, 2.45) is 0 Å². The number of anilines is 2. The van der Waals surface area contributed by atoms with E-state index in [4.69, 9.17) is 9.47 Å². The number of rotatable bonds is 8. The number of esters is 1. The first-order valence-electron chi connectivity index (χ1n) is 12.0. The Balaban J connectivity index is 1.83. The number of nitrogens with one attached hydrogen (secondary N) is 3. The zero-order valence-corrected chi connectivity index (χ0v) is 21.7. The number of hydrogen-bond donors (Lipinski definition) is 3. The van der Waals surface area contributed by atoms with Crippen LogP contribution in [0.15, 0.2) is 78.9 Å². The molecule has 0 aliphatic rings. The number of para-hydroxylation sites is 2. The van der Waals surface area contributed by atoms with Gasteiger partial charge in [-0.1, -0.05) is 54.6 Å². The van der Waals surface area contributed by atoms with E-state index in [2.05, 4.69) is 16.0 Å². The predicted molar refractivity (Wildman–Crippen MR) is 144 cm³/mol. The number of carbonyl (C=O) groups is 4. The van der Waals surface area contributed by atoms with E-state index in [0.717, 1.165) is 5.56 Å². The van der Waals surface area contributed by atoms with Crippen LogP contribution in [0, 0.1) is 0 Å². The smallest absolute Gasteiger partial charge is 0.408 e. The quantitative estimate of drug-likeness (QED) is 0.369. The van der Waals surface area contributed by atoms with E-state index in [1.807, 2.05) is 30.3 Å². The highest BCUT2D eigenvalue weighted by molar-refractivity contribution is 6.12. The van der Waals surface area contributed by atoms with Crippen LogP contribution >= 0.6 is 0 Å². The number of ether oxygens (including phenoxy) is 2. The molecule has 3 aromatic carbocycles. The van der Waals surface area contributed by atoms with Crippen molar-refractivity contribution < 1.29 is 28.7 Å². The SMILES string of the molecule is COC(=O)c1ccccc1NC(=O)c1ccccc1NC(=O)[C@H](Cc1ccccc1)NC(=O)OC(C)(C)C. The lowest BCUT2D eigenvalue weighted by Crippen LogP contribution is -2.47. The van der Waals surface area contributed by atoms with Gasteiger partial charge in [0.2, 0.25) is 5.91 Å². The lowest BCUT2D eigenvalue weighted by molar-refractivity contribution is -0.118. The Morgan fingerprint density at radius 2 is 1.32 bits per heavy atom. The second-order valence-corrected chi connectivity index (χ2v) is 9.41. The standard InChI is InChI=1S/C29H31N3O6/c1-29(2,3)38-28(36)32-24(18-19-12-6-5-7-13-19)26(34)31-22-16-10-8-14-20(22)25(33)30-23-17-11-9-15-21(23)27(35)37-4/h5-17,24H,18H2,1-4H3,(H,30,33)(H,31,34)(H,32,36)/t24-/m0/s1. The minimum absolute atomic E-state index is 0.163. The summed E-state index contributed by atoms with van der Waals surface area (Å²) < 4.78 is 10.1. The van der Waals surface area contributed by atoms with Crippen LogP contribution in [0.25, 0.3) is 0 Å². The summed E-state index contributed by atoms with van der Waals surface area (Å²) in [5.41, 5.74) is 0.927.